The fraction of sp³-hybridized carbons (Fsp3) is 0.208. The topological polar surface area (TPSA) is 78.5 Å². The molecule has 162 valence electrons. The minimum absolute atomic E-state index is 0.0607. The summed E-state index contributed by atoms with van der Waals surface area (Å²) in [7, 11) is -1.76. The second-order valence-corrected chi connectivity index (χ2v) is 9.11. The average molecular weight is 438 g/mol. The van der Waals surface area contributed by atoms with Crippen molar-refractivity contribution in [3.63, 3.8) is 0 Å². The third-order valence-electron chi connectivity index (χ3n) is 5.10. The van der Waals surface area contributed by atoms with E-state index >= 15 is 0 Å². The highest BCUT2D eigenvalue weighted by Crippen LogP contribution is 2.15. The van der Waals surface area contributed by atoms with Crippen molar-refractivity contribution in [3.8, 4) is 0 Å². The standard InChI is InChI=1S/C24H27N3O3S/c1-19(27(2)22-13-7-4-8-14-22)17-25-24(28)21-12-9-15-23(16-21)31(29,30)26-18-20-10-5-3-6-11-20/h3-16,19,26H,17-18H2,1-2H3,(H,25,28). The number of nitrogens with zero attached hydrogens (tertiary/aromatic N) is 1. The van der Waals surface area contributed by atoms with Crippen LogP contribution < -0.4 is 14.9 Å². The molecule has 3 aromatic carbocycles. The maximum Gasteiger partial charge on any atom is 0.251 e. The van der Waals surface area contributed by atoms with Gasteiger partial charge in [-0.15, -0.1) is 0 Å². The van der Waals surface area contributed by atoms with Gasteiger partial charge in [-0.2, -0.15) is 0 Å². The van der Waals surface area contributed by atoms with Crippen molar-refractivity contribution in [3.05, 3.63) is 96.1 Å². The fourth-order valence-electron chi connectivity index (χ4n) is 3.06. The fourth-order valence-corrected chi connectivity index (χ4v) is 4.12. The second-order valence-electron chi connectivity index (χ2n) is 7.34. The Balaban J connectivity index is 1.61. The van der Waals surface area contributed by atoms with E-state index in [1.165, 1.54) is 12.1 Å². The highest BCUT2D eigenvalue weighted by molar-refractivity contribution is 7.89. The van der Waals surface area contributed by atoms with E-state index in [9.17, 15) is 13.2 Å². The van der Waals surface area contributed by atoms with Gasteiger partial charge in [0.05, 0.1) is 4.90 Å². The van der Waals surface area contributed by atoms with Crippen LogP contribution >= 0.6 is 0 Å². The zero-order valence-corrected chi connectivity index (χ0v) is 18.5. The van der Waals surface area contributed by atoms with Crippen LogP contribution in [0.25, 0.3) is 0 Å². The molecule has 0 aromatic heterocycles. The molecule has 0 heterocycles. The molecule has 0 saturated heterocycles. The molecule has 0 bridgehead atoms. The van der Waals surface area contributed by atoms with E-state index in [2.05, 4.69) is 14.9 Å². The van der Waals surface area contributed by atoms with E-state index in [0.29, 0.717) is 12.1 Å². The van der Waals surface area contributed by atoms with Crippen molar-refractivity contribution in [1.82, 2.24) is 10.0 Å². The number of hydrogen-bond acceptors (Lipinski definition) is 4. The van der Waals surface area contributed by atoms with Crippen LogP contribution in [-0.4, -0.2) is 34.0 Å². The van der Waals surface area contributed by atoms with E-state index in [4.69, 9.17) is 0 Å². The Kier molecular flexibility index (Phi) is 7.44. The van der Waals surface area contributed by atoms with Crippen molar-refractivity contribution in [2.75, 3.05) is 18.5 Å². The summed E-state index contributed by atoms with van der Waals surface area (Å²) >= 11 is 0. The number of sulfonamides is 1. The van der Waals surface area contributed by atoms with Crippen LogP contribution in [-0.2, 0) is 16.6 Å². The van der Waals surface area contributed by atoms with Gasteiger partial charge in [-0.3, -0.25) is 4.79 Å². The number of anilines is 1. The van der Waals surface area contributed by atoms with E-state index in [1.54, 1.807) is 12.1 Å². The molecule has 3 rings (SSSR count). The van der Waals surface area contributed by atoms with Gasteiger partial charge >= 0.3 is 0 Å². The highest BCUT2D eigenvalue weighted by Gasteiger charge is 2.17. The number of hydrogen-bond donors (Lipinski definition) is 2. The highest BCUT2D eigenvalue weighted by atomic mass is 32.2. The predicted octanol–water partition coefficient (Wildman–Crippen LogP) is 3.42. The molecule has 0 aliphatic rings. The number of nitrogens with one attached hydrogen (secondary N) is 2. The van der Waals surface area contributed by atoms with Crippen molar-refractivity contribution in [2.45, 2.75) is 24.4 Å². The summed E-state index contributed by atoms with van der Waals surface area (Å²) in [6, 6.07) is 25.3. The Morgan fingerprint density at radius 3 is 2.26 bits per heavy atom. The van der Waals surface area contributed by atoms with Crippen LogP contribution in [0.2, 0.25) is 0 Å². The lowest BCUT2D eigenvalue weighted by molar-refractivity contribution is 0.0951. The van der Waals surface area contributed by atoms with Crippen LogP contribution in [0.3, 0.4) is 0 Å². The van der Waals surface area contributed by atoms with Gasteiger partial charge in [0.15, 0.2) is 0 Å². The van der Waals surface area contributed by atoms with E-state index in [1.807, 2.05) is 74.6 Å². The number of para-hydroxylation sites is 1. The Hall–Kier alpha value is -3.16. The van der Waals surface area contributed by atoms with Crippen LogP contribution in [0.4, 0.5) is 5.69 Å². The summed E-state index contributed by atoms with van der Waals surface area (Å²) in [6.07, 6.45) is 0. The zero-order chi connectivity index (χ0) is 22.3. The molecule has 6 nitrogen and oxygen atoms in total. The lowest BCUT2D eigenvalue weighted by atomic mass is 10.2. The predicted molar refractivity (Wildman–Crippen MR) is 124 cm³/mol. The summed E-state index contributed by atoms with van der Waals surface area (Å²) in [4.78, 5) is 14.8. The first-order chi connectivity index (χ1) is 14.9. The Bertz CT molecular complexity index is 1100. The monoisotopic (exact) mass is 437 g/mol. The maximum absolute atomic E-state index is 12.6. The average Bonchev–Trinajstić information content (AvgIpc) is 2.82. The van der Waals surface area contributed by atoms with Crippen molar-refractivity contribution >= 4 is 21.6 Å². The minimum atomic E-state index is -3.73. The molecule has 31 heavy (non-hydrogen) atoms. The lowest BCUT2D eigenvalue weighted by Gasteiger charge is -2.27. The van der Waals surface area contributed by atoms with E-state index < -0.39 is 10.0 Å². The molecule has 0 spiro atoms. The van der Waals surface area contributed by atoms with Crippen LogP contribution in [0, 0.1) is 0 Å². The molecule has 3 aromatic rings. The molecule has 0 radical (unpaired) electrons. The third kappa shape index (κ3) is 6.16. The molecular weight excluding hydrogens is 410 g/mol. The largest absolute Gasteiger partial charge is 0.370 e. The summed E-state index contributed by atoms with van der Waals surface area (Å²) in [5.41, 5.74) is 2.22. The zero-order valence-electron chi connectivity index (χ0n) is 17.7. The van der Waals surface area contributed by atoms with Crippen molar-refractivity contribution in [1.29, 1.82) is 0 Å². The molecule has 2 N–H and O–H groups in total. The quantitative estimate of drug-likeness (QED) is 0.538. The normalized spacial score (nSPS) is 12.2. The van der Waals surface area contributed by atoms with Crippen molar-refractivity contribution in [2.24, 2.45) is 0 Å². The molecule has 1 unspecified atom stereocenters. The van der Waals surface area contributed by atoms with Gasteiger partial charge in [-0.1, -0.05) is 54.6 Å². The first-order valence-electron chi connectivity index (χ1n) is 10.1. The smallest absolute Gasteiger partial charge is 0.251 e. The minimum Gasteiger partial charge on any atom is -0.370 e. The molecule has 0 aliphatic heterocycles. The number of benzene rings is 3. The van der Waals surface area contributed by atoms with Gasteiger partial charge in [-0.25, -0.2) is 13.1 Å². The van der Waals surface area contributed by atoms with Gasteiger partial charge in [0.2, 0.25) is 10.0 Å². The number of likely N-dealkylation sites (N-methyl/N-ethyl adjacent to an activating group) is 1. The van der Waals surface area contributed by atoms with E-state index in [-0.39, 0.29) is 23.4 Å². The van der Waals surface area contributed by atoms with Gasteiger partial charge in [0.25, 0.3) is 5.91 Å². The van der Waals surface area contributed by atoms with Crippen LogP contribution in [0.15, 0.2) is 89.8 Å². The Morgan fingerprint density at radius 1 is 0.935 bits per heavy atom. The molecule has 0 aliphatic carbocycles. The van der Waals surface area contributed by atoms with Crippen molar-refractivity contribution < 1.29 is 13.2 Å². The number of carbonyl (C=O) groups is 1. The van der Waals surface area contributed by atoms with Gasteiger partial charge in [0.1, 0.15) is 0 Å². The SMILES string of the molecule is CC(CNC(=O)c1cccc(S(=O)(=O)NCc2ccccc2)c1)N(C)c1ccccc1. The summed E-state index contributed by atoms with van der Waals surface area (Å²) < 4.78 is 27.9. The Morgan fingerprint density at radius 2 is 1.58 bits per heavy atom. The number of carbonyl (C=O) groups excluding carboxylic acids is 1. The van der Waals surface area contributed by atoms with Gasteiger partial charge in [0, 0.05) is 37.4 Å². The molecule has 0 saturated carbocycles. The maximum atomic E-state index is 12.6. The lowest BCUT2D eigenvalue weighted by Crippen LogP contribution is -2.40. The van der Waals surface area contributed by atoms with Crippen LogP contribution in [0.5, 0.6) is 0 Å². The molecule has 7 heteroatoms. The van der Waals surface area contributed by atoms with Crippen LogP contribution in [0.1, 0.15) is 22.8 Å². The summed E-state index contributed by atoms with van der Waals surface area (Å²) in [5.74, 6) is -0.312. The van der Waals surface area contributed by atoms with E-state index in [0.717, 1.165) is 11.3 Å². The number of rotatable bonds is 9. The molecule has 0 fully saturated rings. The summed E-state index contributed by atoms with van der Waals surface area (Å²) in [6.45, 7) is 2.62. The first-order valence-corrected chi connectivity index (χ1v) is 11.5. The second kappa shape index (κ2) is 10.2. The third-order valence-corrected chi connectivity index (χ3v) is 6.50. The molecule has 1 atom stereocenters. The first kappa shape index (κ1) is 22.5. The molecule has 1 amide bonds. The Labute approximate surface area is 184 Å². The van der Waals surface area contributed by atoms with Gasteiger partial charge < -0.3 is 10.2 Å². The number of amides is 1. The summed E-state index contributed by atoms with van der Waals surface area (Å²) in [5, 5.41) is 2.89. The molecular formula is C24H27N3O3S. The van der Waals surface area contributed by atoms with Gasteiger partial charge in [-0.05, 0) is 42.8 Å².